The van der Waals surface area contributed by atoms with Crippen LogP contribution in [0.25, 0.3) is 0 Å². The third-order valence-electron chi connectivity index (χ3n) is 5.56. The highest BCUT2D eigenvalue weighted by molar-refractivity contribution is 7.89. The number of amides is 1. The van der Waals surface area contributed by atoms with E-state index >= 15 is 0 Å². The Hall–Kier alpha value is -2.43. The summed E-state index contributed by atoms with van der Waals surface area (Å²) in [6, 6.07) is 3.85. The van der Waals surface area contributed by atoms with Crippen molar-refractivity contribution in [3.63, 3.8) is 0 Å². The van der Waals surface area contributed by atoms with Crippen molar-refractivity contribution in [3.8, 4) is 0 Å². The van der Waals surface area contributed by atoms with Gasteiger partial charge in [0.2, 0.25) is 10.0 Å². The monoisotopic (exact) mass is 502 g/mol. The molecular weight excluding hydrogens is 481 g/mol. The number of hydrogen-bond donors (Lipinski definition) is 1. The molecule has 1 heterocycles. The first-order valence-electron chi connectivity index (χ1n) is 10.3. The quantitative estimate of drug-likeness (QED) is 0.545. The van der Waals surface area contributed by atoms with E-state index in [9.17, 15) is 31.2 Å². The maximum Gasteiger partial charge on any atom is 0.255 e. The number of carbonyl (C=O) groups excluding carboxylic acids is 2. The predicted octanol–water partition coefficient (Wildman–Crippen LogP) is 4.92. The zero-order valence-corrected chi connectivity index (χ0v) is 19.4. The number of nitrogens with zero attached hydrogens (tertiary/aromatic N) is 1. The topological polar surface area (TPSA) is 83.6 Å². The van der Waals surface area contributed by atoms with Crippen LogP contribution in [-0.2, 0) is 14.8 Å². The number of hydrogen-bond acceptors (Lipinski definition) is 4. The molecule has 6 nitrogen and oxygen atoms in total. The van der Waals surface area contributed by atoms with Gasteiger partial charge in [0.05, 0.1) is 5.02 Å². The molecule has 2 unspecified atom stereocenters. The molecule has 1 fully saturated rings. The molecule has 2 aromatic rings. The number of ketones is 1. The Kier molecular flexibility index (Phi) is 7.50. The summed E-state index contributed by atoms with van der Waals surface area (Å²) in [5, 5.41) is 2.08. The summed E-state index contributed by atoms with van der Waals surface area (Å²) in [5.74, 6) is -5.59. The van der Waals surface area contributed by atoms with Crippen molar-refractivity contribution in [2.45, 2.75) is 56.5 Å². The van der Waals surface area contributed by atoms with E-state index in [1.165, 1.54) is 16.4 Å². The Balaban J connectivity index is 1.93. The van der Waals surface area contributed by atoms with Crippen LogP contribution in [0.5, 0.6) is 0 Å². The largest absolute Gasteiger partial charge is 0.322 e. The van der Waals surface area contributed by atoms with Gasteiger partial charge in [-0.3, -0.25) is 9.59 Å². The van der Waals surface area contributed by atoms with Gasteiger partial charge in [-0.25, -0.2) is 21.6 Å². The summed E-state index contributed by atoms with van der Waals surface area (Å²) in [4.78, 5) is 24.2. The van der Waals surface area contributed by atoms with Gasteiger partial charge in [0.1, 0.15) is 10.7 Å². The molecule has 1 amide bonds. The zero-order valence-electron chi connectivity index (χ0n) is 17.9. The minimum Gasteiger partial charge on any atom is -0.322 e. The second kappa shape index (κ2) is 9.82. The normalized spacial score (nSPS) is 19.0. The molecule has 2 aromatic carbocycles. The first-order chi connectivity index (χ1) is 15.4. The summed E-state index contributed by atoms with van der Waals surface area (Å²) in [5.41, 5.74) is -0.488. The average Bonchev–Trinajstić information content (AvgIpc) is 3.12. The third kappa shape index (κ3) is 5.23. The smallest absolute Gasteiger partial charge is 0.255 e. The lowest BCUT2D eigenvalue weighted by atomic mass is 10.1. The SMILES string of the molecule is CCC(=O)CC1CCC(C)N1S(=O)(=O)c1cc(C(=O)Nc2cc(F)c(F)c(F)c2)ccc1Cl. The fraction of sp³-hybridized carbons (Fsp3) is 0.364. The third-order valence-corrected chi connectivity index (χ3v) is 8.11. The number of benzene rings is 2. The highest BCUT2D eigenvalue weighted by Crippen LogP contribution is 2.35. The number of anilines is 1. The molecule has 178 valence electrons. The van der Waals surface area contributed by atoms with Crippen LogP contribution in [0.1, 0.15) is 49.9 Å². The number of halogens is 4. The Morgan fingerprint density at radius 2 is 1.76 bits per heavy atom. The summed E-state index contributed by atoms with van der Waals surface area (Å²) in [7, 11) is -4.17. The molecule has 33 heavy (non-hydrogen) atoms. The van der Waals surface area contributed by atoms with E-state index in [-0.39, 0.29) is 39.4 Å². The van der Waals surface area contributed by atoms with E-state index in [0.29, 0.717) is 31.4 Å². The highest BCUT2D eigenvalue weighted by atomic mass is 35.5. The Morgan fingerprint density at radius 1 is 1.12 bits per heavy atom. The molecular formula is C22H22ClF3N2O4S. The Morgan fingerprint density at radius 3 is 2.36 bits per heavy atom. The zero-order chi connectivity index (χ0) is 24.5. The van der Waals surface area contributed by atoms with E-state index in [1.807, 2.05) is 0 Å². The van der Waals surface area contributed by atoms with Crippen molar-refractivity contribution in [3.05, 3.63) is 58.4 Å². The van der Waals surface area contributed by atoms with Crippen molar-refractivity contribution in [1.82, 2.24) is 4.31 Å². The Bertz CT molecular complexity index is 1180. The van der Waals surface area contributed by atoms with Gasteiger partial charge < -0.3 is 5.32 Å². The van der Waals surface area contributed by atoms with Crippen LogP contribution in [0.3, 0.4) is 0 Å². The van der Waals surface area contributed by atoms with Gasteiger partial charge in [-0.15, -0.1) is 0 Å². The molecule has 0 saturated carbocycles. The van der Waals surface area contributed by atoms with E-state index < -0.39 is 39.4 Å². The molecule has 0 radical (unpaired) electrons. The predicted molar refractivity (Wildman–Crippen MR) is 117 cm³/mol. The molecule has 0 aliphatic carbocycles. The van der Waals surface area contributed by atoms with E-state index in [0.717, 1.165) is 6.07 Å². The lowest BCUT2D eigenvalue weighted by Crippen LogP contribution is -2.41. The lowest BCUT2D eigenvalue weighted by molar-refractivity contribution is -0.119. The van der Waals surface area contributed by atoms with Gasteiger partial charge in [-0.05, 0) is 38.0 Å². The van der Waals surface area contributed by atoms with Crippen molar-refractivity contribution in [1.29, 1.82) is 0 Å². The molecule has 1 aliphatic rings. The van der Waals surface area contributed by atoms with Crippen LogP contribution in [0.15, 0.2) is 35.2 Å². The molecule has 0 bridgehead atoms. The average molecular weight is 503 g/mol. The first kappa shape index (κ1) is 25.2. The van der Waals surface area contributed by atoms with Gasteiger partial charge in [0.15, 0.2) is 17.5 Å². The first-order valence-corrected chi connectivity index (χ1v) is 12.1. The second-order valence-electron chi connectivity index (χ2n) is 7.86. The fourth-order valence-corrected chi connectivity index (χ4v) is 6.25. The number of sulfonamides is 1. The van der Waals surface area contributed by atoms with Gasteiger partial charge in [-0.2, -0.15) is 4.31 Å². The van der Waals surface area contributed by atoms with Crippen LogP contribution in [-0.4, -0.2) is 36.5 Å². The molecule has 0 spiro atoms. The molecule has 1 aliphatic heterocycles. The Labute approximate surface area is 194 Å². The second-order valence-corrected chi connectivity index (χ2v) is 10.1. The highest BCUT2D eigenvalue weighted by Gasteiger charge is 2.41. The van der Waals surface area contributed by atoms with Crippen LogP contribution >= 0.6 is 11.6 Å². The van der Waals surface area contributed by atoms with Crippen molar-refractivity contribution in [2.75, 3.05) is 5.32 Å². The minimum absolute atomic E-state index is 0.0627. The summed E-state index contributed by atoms with van der Waals surface area (Å²) in [6.07, 6.45) is 1.46. The molecule has 1 saturated heterocycles. The number of rotatable bonds is 7. The van der Waals surface area contributed by atoms with E-state index in [2.05, 4.69) is 5.32 Å². The van der Waals surface area contributed by atoms with Crippen LogP contribution in [0, 0.1) is 17.5 Å². The van der Waals surface area contributed by atoms with Crippen molar-refractivity contribution in [2.24, 2.45) is 0 Å². The van der Waals surface area contributed by atoms with Gasteiger partial charge in [-0.1, -0.05) is 18.5 Å². The number of nitrogens with one attached hydrogen (secondary N) is 1. The standard InChI is InChI=1S/C22H22ClF3N2O4S/c1-3-16(29)11-15-6-4-12(2)28(15)33(31,32)20-8-13(5-7-17(20)23)22(30)27-14-9-18(24)21(26)19(25)10-14/h5,7-10,12,15H,3-4,6,11H2,1-2H3,(H,27,30). The molecule has 0 aromatic heterocycles. The minimum atomic E-state index is -4.17. The fourth-order valence-electron chi connectivity index (χ4n) is 3.87. The summed E-state index contributed by atoms with van der Waals surface area (Å²) < 4.78 is 68.2. The number of carbonyl (C=O) groups is 2. The van der Waals surface area contributed by atoms with Crippen LogP contribution < -0.4 is 5.32 Å². The lowest BCUT2D eigenvalue weighted by Gasteiger charge is -2.28. The molecule has 1 N–H and O–H groups in total. The van der Waals surface area contributed by atoms with Crippen molar-refractivity contribution < 1.29 is 31.2 Å². The van der Waals surface area contributed by atoms with E-state index in [1.54, 1.807) is 13.8 Å². The maximum atomic E-state index is 13.5. The summed E-state index contributed by atoms with van der Waals surface area (Å²) in [6.45, 7) is 3.44. The summed E-state index contributed by atoms with van der Waals surface area (Å²) >= 11 is 6.17. The van der Waals surface area contributed by atoms with Crippen LogP contribution in [0.4, 0.5) is 18.9 Å². The van der Waals surface area contributed by atoms with Crippen molar-refractivity contribution >= 4 is 39.0 Å². The van der Waals surface area contributed by atoms with E-state index in [4.69, 9.17) is 11.6 Å². The van der Waals surface area contributed by atoms with Gasteiger partial charge in [0.25, 0.3) is 5.91 Å². The molecule has 2 atom stereocenters. The van der Waals surface area contributed by atoms with Crippen LogP contribution in [0.2, 0.25) is 5.02 Å². The maximum absolute atomic E-state index is 13.5. The molecule has 3 rings (SSSR count). The number of Topliss-reactive ketones (excluding diaryl/α,β-unsaturated/α-hetero) is 1. The van der Waals surface area contributed by atoms with Gasteiger partial charge >= 0.3 is 0 Å². The van der Waals surface area contributed by atoms with Gasteiger partial charge in [0, 0.05) is 48.3 Å². The molecule has 11 heteroatoms.